The molecule has 1 aromatic heterocycles. The molecule has 0 bridgehead atoms. The van der Waals surface area contributed by atoms with Gasteiger partial charge in [-0.25, -0.2) is 9.37 Å². The van der Waals surface area contributed by atoms with Crippen LogP contribution in [0, 0.1) is 5.82 Å². The van der Waals surface area contributed by atoms with E-state index in [0.29, 0.717) is 13.2 Å². The van der Waals surface area contributed by atoms with Crippen LogP contribution >= 0.6 is 0 Å². The highest BCUT2D eigenvalue weighted by molar-refractivity contribution is 5.98. The summed E-state index contributed by atoms with van der Waals surface area (Å²) in [5.41, 5.74) is 5.82. The van der Waals surface area contributed by atoms with Crippen molar-refractivity contribution in [2.45, 2.75) is 31.4 Å². The molecule has 1 aliphatic heterocycles. The van der Waals surface area contributed by atoms with Gasteiger partial charge in [0.15, 0.2) is 0 Å². The maximum atomic E-state index is 13.2. The fourth-order valence-corrected chi connectivity index (χ4v) is 2.95. The number of fused-ring (bicyclic) bond motifs is 1. The number of amides is 1. The zero-order chi connectivity index (χ0) is 13.4. The van der Waals surface area contributed by atoms with Crippen molar-refractivity contribution in [2.24, 2.45) is 0 Å². The van der Waals surface area contributed by atoms with E-state index in [0.717, 1.165) is 31.5 Å². The number of hydrogen-bond acceptors (Lipinski definition) is 4. The summed E-state index contributed by atoms with van der Waals surface area (Å²) in [4.78, 5) is 18.0. The molecule has 2 unspecified atom stereocenters. The second kappa shape index (κ2) is 4.77. The highest BCUT2D eigenvalue weighted by atomic mass is 19.1. The lowest BCUT2D eigenvalue weighted by atomic mass is 10.1. The Hall–Kier alpha value is -1.69. The standard InChI is InChI=1S/C13H16FN3O2/c14-8-6-9(12(15)16-7-8)13(18)17-4-5-19-11-3-1-2-10(11)17/h6-7,10-11H,1-5H2,(H2,15,16). The molecule has 3 rings (SSSR count). The Bertz CT molecular complexity index is 509. The van der Waals surface area contributed by atoms with Crippen LogP contribution in [0.1, 0.15) is 29.6 Å². The maximum Gasteiger partial charge on any atom is 0.258 e. The van der Waals surface area contributed by atoms with E-state index < -0.39 is 5.82 Å². The second-order valence-corrected chi connectivity index (χ2v) is 4.99. The number of aromatic nitrogens is 1. The smallest absolute Gasteiger partial charge is 0.258 e. The number of hydrogen-bond donors (Lipinski definition) is 1. The Morgan fingerprint density at radius 1 is 1.53 bits per heavy atom. The van der Waals surface area contributed by atoms with Crippen LogP contribution in [0.5, 0.6) is 0 Å². The van der Waals surface area contributed by atoms with Crippen molar-refractivity contribution in [3.63, 3.8) is 0 Å². The van der Waals surface area contributed by atoms with Gasteiger partial charge in [-0.1, -0.05) is 0 Å². The Labute approximate surface area is 110 Å². The quantitative estimate of drug-likeness (QED) is 0.828. The van der Waals surface area contributed by atoms with Gasteiger partial charge in [0.05, 0.1) is 30.5 Å². The summed E-state index contributed by atoms with van der Waals surface area (Å²) in [6.07, 6.45) is 4.09. The first-order chi connectivity index (χ1) is 9.16. The molecule has 0 spiro atoms. The molecule has 1 aliphatic carbocycles. The van der Waals surface area contributed by atoms with Crippen LogP contribution in [0.3, 0.4) is 0 Å². The van der Waals surface area contributed by atoms with Gasteiger partial charge in [0.1, 0.15) is 11.6 Å². The molecule has 6 heteroatoms. The Morgan fingerprint density at radius 3 is 3.21 bits per heavy atom. The first-order valence-corrected chi connectivity index (χ1v) is 6.50. The number of nitrogen functional groups attached to an aromatic ring is 1. The highest BCUT2D eigenvalue weighted by Gasteiger charge is 2.39. The molecule has 19 heavy (non-hydrogen) atoms. The fourth-order valence-electron chi connectivity index (χ4n) is 2.95. The first kappa shape index (κ1) is 12.3. The lowest BCUT2D eigenvalue weighted by Gasteiger charge is -2.37. The van der Waals surface area contributed by atoms with Gasteiger partial charge in [-0.05, 0) is 25.3 Å². The number of nitrogens with zero attached hydrogens (tertiary/aromatic N) is 2. The van der Waals surface area contributed by atoms with Crippen LogP contribution in [0.2, 0.25) is 0 Å². The minimum atomic E-state index is -0.547. The van der Waals surface area contributed by atoms with Crippen molar-refractivity contribution in [3.8, 4) is 0 Å². The Balaban J connectivity index is 1.88. The molecular weight excluding hydrogens is 249 g/mol. The number of rotatable bonds is 1. The molecule has 2 heterocycles. The minimum absolute atomic E-state index is 0.0763. The summed E-state index contributed by atoms with van der Waals surface area (Å²) in [7, 11) is 0. The Kier molecular flexibility index (Phi) is 3.10. The number of anilines is 1. The van der Waals surface area contributed by atoms with Gasteiger partial charge >= 0.3 is 0 Å². The van der Waals surface area contributed by atoms with E-state index >= 15 is 0 Å². The topological polar surface area (TPSA) is 68.5 Å². The molecule has 1 saturated carbocycles. The van der Waals surface area contributed by atoms with Crippen LogP contribution in [0.25, 0.3) is 0 Å². The molecule has 2 N–H and O–H groups in total. The van der Waals surface area contributed by atoms with Crippen molar-refractivity contribution in [1.29, 1.82) is 0 Å². The third kappa shape index (κ3) is 2.16. The molecule has 1 aromatic rings. The lowest BCUT2D eigenvalue weighted by Crippen LogP contribution is -2.51. The summed E-state index contributed by atoms with van der Waals surface area (Å²) >= 11 is 0. The van der Waals surface area contributed by atoms with Gasteiger partial charge in [0.25, 0.3) is 5.91 Å². The van der Waals surface area contributed by atoms with E-state index in [1.807, 2.05) is 0 Å². The second-order valence-electron chi connectivity index (χ2n) is 4.99. The van der Waals surface area contributed by atoms with Crippen LogP contribution in [-0.2, 0) is 4.74 Å². The van der Waals surface area contributed by atoms with Crippen LogP contribution < -0.4 is 5.73 Å². The minimum Gasteiger partial charge on any atom is -0.383 e. The van der Waals surface area contributed by atoms with Crippen LogP contribution in [0.4, 0.5) is 10.2 Å². The number of nitrogens with two attached hydrogens (primary N) is 1. The van der Waals surface area contributed by atoms with Gasteiger partial charge in [0, 0.05) is 6.54 Å². The summed E-state index contributed by atoms with van der Waals surface area (Å²) in [6.45, 7) is 1.05. The van der Waals surface area contributed by atoms with Crippen molar-refractivity contribution in [2.75, 3.05) is 18.9 Å². The molecule has 0 aromatic carbocycles. The largest absolute Gasteiger partial charge is 0.383 e. The van der Waals surface area contributed by atoms with Crippen LogP contribution in [-0.4, -0.2) is 41.1 Å². The number of halogens is 1. The molecule has 2 fully saturated rings. The molecule has 2 aliphatic rings. The third-order valence-corrected chi connectivity index (χ3v) is 3.86. The number of carbonyl (C=O) groups is 1. The molecule has 1 amide bonds. The zero-order valence-corrected chi connectivity index (χ0v) is 10.5. The van der Waals surface area contributed by atoms with Gasteiger partial charge in [-0.2, -0.15) is 0 Å². The van der Waals surface area contributed by atoms with E-state index in [2.05, 4.69) is 4.98 Å². The van der Waals surface area contributed by atoms with Gasteiger partial charge in [-0.15, -0.1) is 0 Å². The average Bonchev–Trinajstić information content (AvgIpc) is 2.89. The number of carbonyl (C=O) groups excluding carboxylic acids is 1. The normalized spacial score (nSPS) is 26.3. The SMILES string of the molecule is Nc1ncc(F)cc1C(=O)N1CCOC2CCCC21. The van der Waals surface area contributed by atoms with E-state index in [9.17, 15) is 9.18 Å². The monoisotopic (exact) mass is 265 g/mol. The predicted octanol–water partition coefficient (Wildman–Crippen LogP) is 1.20. The van der Waals surface area contributed by atoms with Gasteiger partial charge in [-0.3, -0.25) is 4.79 Å². The average molecular weight is 265 g/mol. The molecule has 102 valence electrons. The van der Waals surface area contributed by atoms with Crippen molar-refractivity contribution < 1.29 is 13.9 Å². The number of morpholine rings is 1. The van der Waals surface area contributed by atoms with Crippen molar-refractivity contribution in [3.05, 3.63) is 23.6 Å². The zero-order valence-electron chi connectivity index (χ0n) is 10.5. The van der Waals surface area contributed by atoms with Crippen molar-refractivity contribution >= 4 is 11.7 Å². The molecule has 0 radical (unpaired) electrons. The van der Waals surface area contributed by atoms with Gasteiger partial charge < -0.3 is 15.4 Å². The Morgan fingerprint density at radius 2 is 2.37 bits per heavy atom. The van der Waals surface area contributed by atoms with E-state index in [1.54, 1.807) is 4.90 Å². The number of pyridine rings is 1. The van der Waals surface area contributed by atoms with Crippen molar-refractivity contribution in [1.82, 2.24) is 9.88 Å². The molecule has 2 atom stereocenters. The van der Waals surface area contributed by atoms with E-state index in [-0.39, 0.29) is 29.4 Å². The van der Waals surface area contributed by atoms with Crippen LogP contribution in [0.15, 0.2) is 12.3 Å². The third-order valence-electron chi connectivity index (χ3n) is 3.86. The summed E-state index contributed by atoms with van der Waals surface area (Å²) in [6, 6.07) is 1.24. The summed E-state index contributed by atoms with van der Waals surface area (Å²) in [5.74, 6) is -0.717. The number of ether oxygens (including phenoxy) is 1. The van der Waals surface area contributed by atoms with Gasteiger partial charge in [0.2, 0.25) is 0 Å². The van der Waals surface area contributed by atoms with E-state index in [4.69, 9.17) is 10.5 Å². The first-order valence-electron chi connectivity index (χ1n) is 6.50. The molecule has 1 saturated heterocycles. The summed E-state index contributed by atoms with van der Waals surface area (Å²) < 4.78 is 18.9. The molecule has 5 nitrogen and oxygen atoms in total. The van der Waals surface area contributed by atoms with E-state index in [1.165, 1.54) is 0 Å². The molecular formula is C13H16FN3O2. The fraction of sp³-hybridized carbons (Fsp3) is 0.538. The summed E-state index contributed by atoms with van der Waals surface area (Å²) in [5, 5.41) is 0. The highest BCUT2D eigenvalue weighted by Crippen LogP contribution is 2.31. The lowest BCUT2D eigenvalue weighted by molar-refractivity contribution is -0.0445. The predicted molar refractivity (Wildman–Crippen MR) is 67.0 cm³/mol. The maximum absolute atomic E-state index is 13.2.